The van der Waals surface area contributed by atoms with E-state index in [9.17, 15) is 4.21 Å². The zero-order valence-corrected chi connectivity index (χ0v) is 17.2. The van der Waals surface area contributed by atoms with Gasteiger partial charge in [0.1, 0.15) is 5.75 Å². The van der Waals surface area contributed by atoms with Crippen molar-refractivity contribution in [3.05, 3.63) is 36.4 Å². The first-order valence-electron chi connectivity index (χ1n) is 10.2. The van der Waals surface area contributed by atoms with E-state index in [0.29, 0.717) is 12.3 Å². The van der Waals surface area contributed by atoms with Crippen LogP contribution in [0.3, 0.4) is 0 Å². The third-order valence-electron chi connectivity index (χ3n) is 4.84. The van der Waals surface area contributed by atoms with Crippen molar-refractivity contribution in [3.63, 3.8) is 0 Å². The summed E-state index contributed by atoms with van der Waals surface area (Å²) in [6, 6.07) is 11.4. The molecule has 2 rings (SSSR count). The standard InChI is InChI=1S/C22H33NO3S/c1-2-3-4-5-6-7-8-9-10-13-18-26-22-17-16-21(23-27(24)25)19-14-11-12-15-20(19)22/h11-12,14-17,23H,2-10,13,18H2,1H3,(H,24,25). The molecule has 0 fully saturated rings. The quantitative estimate of drug-likeness (QED) is 0.279. The number of benzene rings is 2. The van der Waals surface area contributed by atoms with Gasteiger partial charge in [-0.1, -0.05) is 89.0 Å². The summed E-state index contributed by atoms with van der Waals surface area (Å²) in [7, 11) is 0. The molecule has 150 valence electrons. The largest absolute Gasteiger partial charge is 0.493 e. The first-order chi connectivity index (χ1) is 13.2. The molecule has 2 aromatic carbocycles. The van der Waals surface area contributed by atoms with Crippen LogP contribution in [-0.2, 0) is 11.3 Å². The second-order valence-corrected chi connectivity index (χ2v) is 7.74. The normalized spacial score (nSPS) is 12.2. The maximum absolute atomic E-state index is 11.1. The first kappa shape index (κ1) is 21.7. The molecule has 0 radical (unpaired) electrons. The lowest BCUT2D eigenvalue weighted by Gasteiger charge is -2.12. The summed E-state index contributed by atoms with van der Waals surface area (Å²) in [5.74, 6) is 0.829. The SMILES string of the molecule is CCCCCCCCCCCCOc1ccc(NS(=O)O)c2ccccc12. The van der Waals surface area contributed by atoms with Crippen molar-refractivity contribution in [2.24, 2.45) is 0 Å². The lowest BCUT2D eigenvalue weighted by Crippen LogP contribution is -2.03. The zero-order valence-electron chi connectivity index (χ0n) is 16.4. The van der Waals surface area contributed by atoms with Crippen molar-refractivity contribution in [2.45, 2.75) is 71.1 Å². The summed E-state index contributed by atoms with van der Waals surface area (Å²) >= 11 is -2.08. The molecule has 0 aromatic heterocycles. The Bertz CT molecular complexity index is 705. The maximum atomic E-state index is 11.1. The molecule has 0 aliphatic carbocycles. The molecule has 2 aromatic rings. The minimum Gasteiger partial charge on any atom is -0.493 e. The summed E-state index contributed by atoms with van der Waals surface area (Å²) < 4.78 is 28.7. The lowest BCUT2D eigenvalue weighted by molar-refractivity contribution is 0.307. The molecule has 5 heteroatoms. The Morgan fingerprint density at radius 2 is 1.44 bits per heavy atom. The molecular weight excluding hydrogens is 358 g/mol. The number of rotatable bonds is 14. The van der Waals surface area contributed by atoms with Gasteiger partial charge in [0.25, 0.3) is 11.3 Å². The van der Waals surface area contributed by atoms with Gasteiger partial charge < -0.3 is 4.74 Å². The Labute approximate surface area is 166 Å². The van der Waals surface area contributed by atoms with Crippen LogP contribution in [0.15, 0.2) is 36.4 Å². The van der Waals surface area contributed by atoms with Crippen LogP contribution in [0.5, 0.6) is 5.75 Å². The van der Waals surface area contributed by atoms with Crippen LogP contribution in [0, 0.1) is 0 Å². The van der Waals surface area contributed by atoms with Gasteiger partial charge in [-0.2, -0.15) is 0 Å². The van der Waals surface area contributed by atoms with Crippen LogP contribution in [0.1, 0.15) is 71.1 Å². The Morgan fingerprint density at radius 3 is 2.07 bits per heavy atom. The van der Waals surface area contributed by atoms with Gasteiger partial charge in [-0.15, -0.1) is 0 Å². The van der Waals surface area contributed by atoms with E-state index >= 15 is 0 Å². The number of nitrogens with one attached hydrogen (secondary N) is 1. The summed E-state index contributed by atoms with van der Waals surface area (Å²) in [6.45, 7) is 2.96. The minimum absolute atomic E-state index is 0.637. The van der Waals surface area contributed by atoms with Crippen molar-refractivity contribution in [1.29, 1.82) is 0 Å². The van der Waals surface area contributed by atoms with Gasteiger partial charge in [0.15, 0.2) is 0 Å². The van der Waals surface area contributed by atoms with Crippen LogP contribution < -0.4 is 9.46 Å². The Hall–Kier alpha value is -1.59. The number of hydrogen-bond acceptors (Lipinski definition) is 2. The molecule has 0 aliphatic heterocycles. The summed E-state index contributed by atoms with van der Waals surface area (Å²) in [5.41, 5.74) is 0.637. The van der Waals surface area contributed by atoms with Crippen LogP contribution in [0.2, 0.25) is 0 Å². The monoisotopic (exact) mass is 391 g/mol. The van der Waals surface area contributed by atoms with Crippen LogP contribution in [0.25, 0.3) is 10.8 Å². The summed E-state index contributed by atoms with van der Waals surface area (Å²) in [6.07, 6.45) is 13.1. The Morgan fingerprint density at radius 1 is 0.852 bits per heavy atom. The van der Waals surface area contributed by atoms with Gasteiger partial charge >= 0.3 is 0 Å². The number of hydrogen-bond donors (Lipinski definition) is 2. The van der Waals surface area contributed by atoms with E-state index in [0.717, 1.165) is 22.9 Å². The molecule has 0 aliphatic rings. The second kappa shape index (κ2) is 12.7. The fraction of sp³-hybridized carbons (Fsp3) is 0.545. The highest BCUT2D eigenvalue weighted by atomic mass is 32.2. The molecule has 1 atom stereocenters. The number of unbranched alkanes of at least 4 members (excludes halogenated alkanes) is 9. The van der Waals surface area contributed by atoms with Crippen LogP contribution >= 0.6 is 0 Å². The van der Waals surface area contributed by atoms with Gasteiger partial charge in [-0.3, -0.25) is 9.27 Å². The molecule has 2 N–H and O–H groups in total. The van der Waals surface area contributed by atoms with E-state index in [1.807, 2.05) is 30.3 Å². The molecule has 0 spiro atoms. The van der Waals surface area contributed by atoms with Crippen molar-refractivity contribution in [3.8, 4) is 5.75 Å². The molecule has 27 heavy (non-hydrogen) atoms. The predicted molar refractivity (Wildman–Crippen MR) is 116 cm³/mol. The highest BCUT2D eigenvalue weighted by Gasteiger charge is 2.08. The molecule has 4 nitrogen and oxygen atoms in total. The van der Waals surface area contributed by atoms with Crippen molar-refractivity contribution >= 4 is 27.7 Å². The lowest BCUT2D eigenvalue weighted by atomic mass is 10.1. The van der Waals surface area contributed by atoms with Crippen LogP contribution in [-0.4, -0.2) is 15.4 Å². The third-order valence-corrected chi connectivity index (χ3v) is 5.23. The third kappa shape index (κ3) is 7.89. The molecule has 0 heterocycles. The number of ether oxygens (including phenoxy) is 1. The fourth-order valence-electron chi connectivity index (χ4n) is 3.35. The van der Waals surface area contributed by atoms with Crippen LogP contribution in [0.4, 0.5) is 5.69 Å². The second-order valence-electron chi connectivity index (χ2n) is 7.04. The summed E-state index contributed by atoms with van der Waals surface area (Å²) in [4.78, 5) is 0. The van der Waals surface area contributed by atoms with Gasteiger partial charge in [0.05, 0.1) is 12.3 Å². The van der Waals surface area contributed by atoms with E-state index in [1.54, 1.807) is 6.07 Å². The summed E-state index contributed by atoms with van der Waals surface area (Å²) in [5, 5.41) is 1.85. The highest BCUT2D eigenvalue weighted by molar-refractivity contribution is 7.80. The first-order valence-corrected chi connectivity index (χ1v) is 11.3. The van der Waals surface area contributed by atoms with Gasteiger partial charge in [0.2, 0.25) is 0 Å². The molecule has 0 saturated carbocycles. The molecule has 0 saturated heterocycles. The van der Waals surface area contributed by atoms with Gasteiger partial charge in [0, 0.05) is 10.8 Å². The molecule has 0 amide bonds. The van der Waals surface area contributed by atoms with E-state index in [4.69, 9.17) is 9.29 Å². The molecular formula is C22H33NO3S. The maximum Gasteiger partial charge on any atom is 0.259 e. The van der Waals surface area contributed by atoms with E-state index in [1.165, 1.54) is 57.8 Å². The molecule has 0 bridgehead atoms. The average molecular weight is 392 g/mol. The van der Waals surface area contributed by atoms with E-state index in [2.05, 4.69) is 11.6 Å². The average Bonchev–Trinajstić information content (AvgIpc) is 2.67. The van der Waals surface area contributed by atoms with E-state index in [-0.39, 0.29) is 0 Å². The fourth-order valence-corrected chi connectivity index (χ4v) is 3.72. The van der Waals surface area contributed by atoms with E-state index < -0.39 is 11.3 Å². The topological polar surface area (TPSA) is 58.6 Å². The Kier molecular flexibility index (Phi) is 10.2. The van der Waals surface area contributed by atoms with Gasteiger partial charge in [-0.25, -0.2) is 4.21 Å². The van der Waals surface area contributed by atoms with Gasteiger partial charge in [-0.05, 0) is 18.6 Å². The Balaban J connectivity index is 1.71. The van der Waals surface area contributed by atoms with Crippen molar-refractivity contribution in [1.82, 2.24) is 0 Å². The number of fused-ring (bicyclic) bond motifs is 1. The zero-order chi connectivity index (χ0) is 19.3. The predicted octanol–water partition coefficient (Wildman–Crippen LogP) is 6.69. The smallest absolute Gasteiger partial charge is 0.259 e. The van der Waals surface area contributed by atoms with Crippen molar-refractivity contribution in [2.75, 3.05) is 11.3 Å². The minimum atomic E-state index is -2.08. The molecule has 1 unspecified atom stereocenters. The van der Waals surface area contributed by atoms with Crippen molar-refractivity contribution < 1.29 is 13.5 Å². The highest BCUT2D eigenvalue weighted by Crippen LogP contribution is 2.32. The number of anilines is 1.